The first-order valence-corrected chi connectivity index (χ1v) is 4.53. The van der Waals surface area contributed by atoms with E-state index in [0.717, 1.165) is 6.42 Å². The Labute approximate surface area is 68.3 Å². The van der Waals surface area contributed by atoms with Gasteiger partial charge in [0.25, 0.3) is 0 Å². The van der Waals surface area contributed by atoms with Crippen molar-refractivity contribution in [2.75, 3.05) is 0 Å². The minimum absolute atomic E-state index is 0.0926. The molecule has 0 heterocycles. The van der Waals surface area contributed by atoms with Gasteiger partial charge >= 0.3 is 0 Å². The summed E-state index contributed by atoms with van der Waals surface area (Å²) < 4.78 is 0. The Morgan fingerprint density at radius 2 is 2.00 bits per heavy atom. The quantitative estimate of drug-likeness (QED) is 0.564. The first-order valence-electron chi connectivity index (χ1n) is 4.53. The highest BCUT2D eigenvalue weighted by atomic mass is 16.3. The summed E-state index contributed by atoms with van der Waals surface area (Å²) in [7, 11) is 0. The Kier molecular flexibility index (Phi) is 2.63. The summed E-state index contributed by atoms with van der Waals surface area (Å²) in [6.07, 6.45) is 2.27. The van der Waals surface area contributed by atoms with Crippen LogP contribution in [0.15, 0.2) is 5.18 Å². The lowest BCUT2D eigenvalue weighted by molar-refractivity contribution is 0.366. The van der Waals surface area contributed by atoms with E-state index >= 15 is 0 Å². The van der Waals surface area contributed by atoms with Gasteiger partial charge in [-0.25, -0.2) is 0 Å². The van der Waals surface area contributed by atoms with Crippen LogP contribution in [0.3, 0.4) is 0 Å². The molecule has 1 rings (SSSR count). The molecule has 2 heteroatoms. The lowest BCUT2D eigenvalue weighted by atomic mass is 9.92. The number of nitroso groups, excluding NO2 is 1. The van der Waals surface area contributed by atoms with Gasteiger partial charge in [0, 0.05) is 0 Å². The van der Waals surface area contributed by atoms with Gasteiger partial charge in [0.1, 0.15) is 0 Å². The van der Waals surface area contributed by atoms with Crippen LogP contribution in [-0.2, 0) is 0 Å². The average molecular weight is 155 g/mol. The van der Waals surface area contributed by atoms with Crippen molar-refractivity contribution in [1.29, 1.82) is 0 Å². The van der Waals surface area contributed by atoms with Gasteiger partial charge in [0.2, 0.25) is 0 Å². The van der Waals surface area contributed by atoms with Crippen molar-refractivity contribution in [3.63, 3.8) is 0 Å². The molecule has 2 nitrogen and oxygen atoms in total. The zero-order valence-electron chi connectivity index (χ0n) is 7.58. The van der Waals surface area contributed by atoms with E-state index in [1.165, 1.54) is 6.42 Å². The molecule has 1 aliphatic carbocycles. The highest BCUT2D eigenvalue weighted by Crippen LogP contribution is 2.39. The first-order chi connectivity index (χ1) is 5.20. The first kappa shape index (κ1) is 8.69. The lowest BCUT2D eigenvalue weighted by Crippen LogP contribution is -2.18. The fourth-order valence-corrected chi connectivity index (χ4v) is 2.49. The van der Waals surface area contributed by atoms with Crippen LogP contribution in [0.1, 0.15) is 33.6 Å². The Bertz CT molecular complexity index is 146. The Morgan fingerprint density at radius 1 is 1.36 bits per heavy atom. The molecule has 0 bridgehead atoms. The summed E-state index contributed by atoms with van der Waals surface area (Å²) in [4.78, 5) is 10.5. The van der Waals surface area contributed by atoms with Gasteiger partial charge in [0.05, 0.1) is 6.04 Å². The third-order valence-corrected chi connectivity index (χ3v) is 3.09. The van der Waals surface area contributed by atoms with Crippen molar-refractivity contribution >= 4 is 0 Å². The molecule has 4 unspecified atom stereocenters. The lowest BCUT2D eigenvalue weighted by Gasteiger charge is -2.15. The molecule has 0 amide bonds. The molecule has 1 aliphatic rings. The summed E-state index contributed by atoms with van der Waals surface area (Å²) in [6, 6.07) is 0.0926. The molecule has 1 fully saturated rings. The van der Waals surface area contributed by atoms with Crippen molar-refractivity contribution < 1.29 is 0 Å². The van der Waals surface area contributed by atoms with Crippen LogP contribution in [0.4, 0.5) is 0 Å². The van der Waals surface area contributed by atoms with Crippen LogP contribution in [-0.4, -0.2) is 6.04 Å². The van der Waals surface area contributed by atoms with Gasteiger partial charge in [-0.05, 0) is 24.2 Å². The molecule has 11 heavy (non-hydrogen) atoms. The molecule has 0 aromatic carbocycles. The fourth-order valence-electron chi connectivity index (χ4n) is 2.49. The highest BCUT2D eigenvalue weighted by molar-refractivity contribution is 4.90. The second kappa shape index (κ2) is 3.33. The van der Waals surface area contributed by atoms with Gasteiger partial charge in [0.15, 0.2) is 0 Å². The average Bonchev–Trinajstić information content (AvgIpc) is 2.24. The largest absolute Gasteiger partial charge is 0.150 e. The van der Waals surface area contributed by atoms with Crippen LogP contribution in [0, 0.1) is 22.7 Å². The Balaban J connectivity index is 2.66. The number of rotatable bonds is 2. The minimum Gasteiger partial charge on any atom is -0.150 e. The predicted octanol–water partition coefficient (Wildman–Crippen LogP) is 2.82. The Hall–Kier alpha value is -0.400. The number of hydrogen-bond donors (Lipinski definition) is 0. The second-order valence-electron chi connectivity index (χ2n) is 3.86. The molecule has 0 aromatic rings. The van der Waals surface area contributed by atoms with E-state index < -0.39 is 0 Å². The monoisotopic (exact) mass is 155 g/mol. The minimum atomic E-state index is 0.0926. The number of hydrogen-bond acceptors (Lipinski definition) is 2. The summed E-state index contributed by atoms with van der Waals surface area (Å²) in [6.45, 7) is 6.52. The smallest absolute Gasteiger partial charge is 0.0975 e. The van der Waals surface area contributed by atoms with E-state index in [-0.39, 0.29) is 6.04 Å². The molecule has 64 valence electrons. The van der Waals surface area contributed by atoms with Gasteiger partial charge < -0.3 is 0 Å². The third-order valence-electron chi connectivity index (χ3n) is 3.09. The molecule has 0 spiro atoms. The maximum Gasteiger partial charge on any atom is 0.0975 e. The molecule has 4 atom stereocenters. The van der Waals surface area contributed by atoms with Crippen molar-refractivity contribution in [3.8, 4) is 0 Å². The highest BCUT2D eigenvalue weighted by Gasteiger charge is 2.38. The van der Waals surface area contributed by atoms with E-state index in [2.05, 4.69) is 25.9 Å². The van der Waals surface area contributed by atoms with Crippen LogP contribution in [0.5, 0.6) is 0 Å². The summed E-state index contributed by atoms with van der Waals surface area (Å²) in [5, 5.41) is 3.22. The van der Waals surface area contributed by atoms with Crippen LogP contribution in [0.25, 0.3) is 0 Å². The van der Waals surface area contributed by atoms with E-state index in [4.69, 9.17) is 0 Å². The summed E-state index contributed by atoms with van der Waals surface area (Å²) in [5.41, 5.74) is 0. The van der Waals surface area contributed by atoms with Gasteiger partial charge in [-0.1, -0.05) is 32.4 Å². The van der Waals surface area contributed by atoms with E-state index in [9.17, 15) is 4.91 Å². The van der Waals surface area contributed by atoms with Gasteiger partial charge in [-0.2, -0.15) is 4.91 Å². The fraction of sp³-hybridized carbons (Fsp3) is 1.00. The maximum atomic E-state index is 10.5. The van der Waals surface area contributed by atoms with Crippen molar-refractivity contribution in [3.05, 3.63) is 4.91 Å². The second-order valence-corrected chi connectivity index (χ2v) is 3.86. The van der Waals surface area contributed by atoms with Crippen LogP contribution >= 0.6 is 0 Å². The van der Waals surface area contributed by atoms with Gasteiger partial charge in [-0.15, -0.1) is 0 Å². The molecule has 0 N–H and O–H groups in total. The molecule has 1 saturated carbocycles. The van der Waals surface area contributed by atoms with E-state index in [1.54, 1.807) is 0 Å². The van der Waals surface area contributed by atoms with Gasteiger partial charge in [-0.3, -0.25) is 0 Å². The van der Waals surface area contributed by atoms with E-state index in [0.29, 0.717) is 17.8 Å². The zero-order valence-corrected chi connectivity index (χ0v) is 7.58. The normalized spacial score (nSPS) is 44.3. The SMILES string of the molecule is CCC1C(C)CC(C)C1N=O. The van der Waals surface area contributed by atoms with Crippen molar-refractivity contribution in [2.45, 2.75) is 39.7 Å². The molecular formula is C9H17NO. The molecule has 0 radical (unpaired) electrons. The summed E-state index contributed by atoms with van der Waals surface area (Å²) >= 11 is 0. The molecule has 0 saturated heterocycles. The van der Waals surface area contributed by atoms with Crippen LogP contribution in [0.2, 0.25) is 0 Å². The zero-order chi connectivity index (χ0) is 8.43. The Morgan fingerprint density at radius 3 is 2.36 bits per heavy atom. The van der Waals surface area contributed by atoms with E-state index in [1.807, 2.05) is 0 Å². The summed E-state index contributed by atoms with van der Waals surface area (Å²) in [5.74, 6) is 1.74. The molecule has 0 aliphatic heterocycles. The third kappa shape index (κ3) is 1.44. The topological polar surface area (TPSA) is 29.4 Å². The number of nitrogens with zero attached hydrogens (tertiary/aromatic N) is 1. The standard InChI is InChI=1S/C9H17NO/c1-4-8-6(2)5-7(3)9(8)10-11/h6-9H,4-5H2,1-3H3. The predicted molar refractivity (Wildman–Crippen MR) is 46.3 cm³/mol. The molecular weight excluding hydrogens is 138 g/mol. The van der Waals surface area contributed by atoms with Crippen LogP contribution < -0.4 is 0 Å². The molecule has 0 aromatic heterocycles. The van der Waals surface area contributed by atoms with Crippen molar-refractivity contribution in [2.24, 2.45) is 22.9 Å². The van der Waals surface area contributed by atoms with Crippen molar-refractivity contribution in [1.82, 2.24) is 0 Å². The maximum absolute atomic E-state index is 10.5.